The van der Waals surface area contributed by atoms with Gasteiger partial charge in [-0.05, 0) is 48.9 Å². The van der Waals surface area contributed by atoms with Gasteiger partial charge in [0.25, 0.3) is 10.0 Å². The Labute approximate surface area is 254 Å². The summed E-state index contributed by atoms with van der Waals surface area (Å²) in [6.45, 7) is 1.75. The zero-order chi connectivity index (χ0) is 31.9. The number of nitrogens with two attached hydrogens (primary N) is 1. The number of ether oxygens (including phenoxy) is 2. The van der Waals surface area contributed by atoms with Gasteiger partial charge < -0.3 is 20.2 Å². The van der Waals surface area contributed by atoms with Crippen LogP contribution in [-0.4, -0.2) is 46.0 Å². The Morgan fingerprint density at radius 3 is 2.58 bits per heavy atom. The summed E-state index contributed by atoms with van der Waals surface area (Å²) in [6, 6.07) is 13.9. The molecule has 0 aliphatic carbocycles. The molecule has 0 aliphatic heterocycles. The van der Waals surface area contributed by atoms with Gasteiger partial charge in [-0.1, -0.05) is 12.1 Å². The molecule has 228 valence electrons. The summed E-state index contributed by atoms with van der Waals surface area (Å²) in [6.07, 6.45) is 3.96. The number of nitrogens with zero attached hydrogens (tertiary/aromatic N) is 4. The molecule has 0 bridgehead atoms. The number of anilines is 2. The van der Waals surface area contributed by atoms with E-state index in [0.717, 1.165) is 6.07 Å². The van der Waals surface area contributed by atoms with E-state index in [2.05, 4.69) is 24.8 Å². The number of nitrogens with one attached hydrogen (secondary N) is 2. The number of benzene rings is 2. The Bertz CT molecular complexity index is 2220. The number of para-hydroxylation sites is 1. The first kappa shape index (κ1) is 29.3. The molecule has 0 saturated heterocycles. The van der Waals surface area contributed by atoms with Crippen molar-refractivity contribution in [1.29, 1.82) is 0 Å². The van der Waals surface area contributed by atoms with Gasteiger partial charge in [0.05, 0.1) is 42.1 Å². The number of carbonyl (C=O) groups excluding carboxylic acids is 1. The van der Waals surface area contributed by atoms with Gasteiger partial charge in [-0.2, -0.15) is 13.5 Å². The van der Waals surface area contributed by atoms with E-state index in [-0.39, 0.29) is 50.7 Å². The summed E-state index contributed by atoms with van der Waals surface area (Å²) in [4.78, 5) is 24.4. The summed E-state index contributed by atoms with van der Waals surface area (Å²) in [7, 11) is -2.89. The molecule has 0 unspecified atom stereocenters. The molecule has 6 rings (SSSR count). The Hall–Kier alpha value is -5.83. The second-order valence-electron chi connectivity index (χ2n) is 9.77. The number of methoxy groups -OCH3 is 1. The standard InChI is InChI=1S/C30H23F2N7O5S/c1-16-9-27(44-26-6-4-3-5-20(26)31)35-15-25(16)39-30(33)19(14-36-39)29(40)24-11-17-10-21(32)23(13-22(17)37-24)38-45(41,42)28-12-18(43-2)7-8-34-28/h3-15,37-38H,33H2,1-2H3. The lowest BCUT2D eigenvalue weighted by Gasteiger charge is -2.11. The molecular weight excluding hydrogens is 608 g/mol. The first-order chi connectivity index (χ1) is 21.5. The maximum Gasteiger partial charge on any atom is 0.279 e. The largest absolute Gasteiger partial charge is 0.497 e. The molecule has 15 heteroatoms. The number of sulfonamides is 1. The number of aromatic nitrogens is 5. The van der Waals surface area contributed by atoms with Crippen molar-refractivity contribution >= 4 is 38.2 Å². The fraction of sp³-hybridized carbons (Fsp3) is 0.0667. The van der Waals surface area contributed by atoms with Crippen molar-refractivity contribution < 1.29 is 31.5 Å². The van der Waals surface area contributed by atoms with E-state index in [1.807, 2.05) is 0 Å². The van der Waals surface area contributed by atoms with Gasteiger partial charge in [0.1, 0.15) is 17.4 Å². The van der Waals surface area contributed by atoms with Gasteiger partial charge in [0, 0.05) is 29.2 Å². The zero-order valence-corrected chi connectivity index (χ0v) is 24.4. The molecule has 0 spiro atoms. The van der Waals surface area contributed by atoms with Crippen LogP contribution in [0.5, 0.6) is 17.4 Å². The number of aryl methyl sites for hydroxylation is 1. The van der Waals surface area contributed by atoms with Crippen molar-refractivity contribution in [1.82, 2.24) is 24.7 Å². The van der Waals surface area contributed by atoms with Crippen LogP contribution >= 0.6 is 0 Å². The quantitative estimate of drug-likeness (QED) is 0.183. The average molecular weight is 632 g/mol. The van der Waals surface area contributed by atoms with E-state index in [1.165, 1.54) is 66.8 Å². The highest BCUT2D eigenvalue weighted by atomic mass is 32.2. The molecule has 4 heterocycles. The Balaban J connectivity index is 1.25. The Morgan fingerprint density at radius 2 is 1.82 bits per heavy atom. The van der Waals surface area contributed by atoms with Gasteiger partial charge in [0.2, 0.25) is 11.7 Å². The normalized spacial score (nSPS) is 11.5. The number of halogens is 2. The third kappa shape index (κ3) is 5.63. The lowest BCUT2D eigenvalue weighted by molar-refractivity contribution is 0.103. The van der Waals surface area contributed by atoms with E-state index in [4.69, 9.17) is 15.2 Å². The lowest BCUT2D eigenvalue weighted by Crippen LogP contribution is -2.15. The molecule has 0 atom stereocenters. The summed E-state index contributed by atoms with van der Waals surface area (Å²) in [5.41, 5.74) is 7.45. The lowest BCUT2D eigenvalue weighted by atomic mass is 10.1. The van der Waals surface area contributed by atoms with E-state index in [1.54, 1.807) is 25.1 Å². The second-order valence-corrected chi connectivity index (χ2v) is 11.4. The van der Waals surface area contributed by atoms with Crippen molar-refractivity contribution in [3.8, 4) is 23.1 Å². The first-order valence-corrected chi connectivity index (χ1v) is 14.6. The minimum Gasteiger partial charge on any atom is -0.497 e. The van der Waals surface area contributed by atoms with Crippen molar-refractivity contribution in [3.05, 3.63) is 108 Å². The van der Waals surface area contributed by atoms with Crippen molar-refractivity contribution in [2.45, 2.75) is 11.9 Å². The number of fused-ring (bicyclic) bond motifs is 1. The number of aromatic amines is 1. The van der Waals surface area contributed by atoms with Gasteiger partial charge in [-0.15, -0.1) is 0 Å². The van der Waals surface area contributed by atoms with Crippen LogP contribution in [0.2, 0.25) is 0 Å². The van der Waals surface area contributed by atoms with Crippen molar-refractivity contribution in [2.75, 3.05) is 17.6 Å². The van der Waals surface area contributed by atoms with Gasteiger partial charge in [-0.25, -0.2) is 23.4 Å². The fourth-order valence-corrected chi connectivity index (χ4v) is 5.55. The number of H-pyrrole nitrogens is 1. The van der Waals surface area contributed by atoms with Crippen LogP contribution < -0.4 is 19.9 Å². The van der Waals surface area contributed by atoms with Crippen LogP contribution in [0.15, 0.2) is 84.3 Å². The molecular formula is C30H23F2N7O5S. The maximum absolute atomic E-state index is 15.0. The van der Waals surface area contributed by atoms with Gasteiger partial charge >= 0.3 is 0 Å². The summed E-state index contributed by atoms with van der Waals surface area (Å²) in [5, 5.41) is 4.20. The average Bonchev–Trinajstić information content (AvgIpc) is 3.61. The van der Waals surface area contributed by atoms with Crippen LogP contribution in [0.1, 0.15) is 21.6 Å². The third-order valence-electron chi connectivity index (χ3n) is 6.80. The molecule has 0 fully saturated rings. The molecule has 0 radical (unpaired) electrons. The predicted octanol–water partition coefficient (Wildman–Crippen LogP) is 5.15. The molecule has 6 aromatic rings. The van der Waals surface area contributed by atoms with E-state index in [9.17, 15) is 22.0 Å². The van der Waals surface area contributed by atoms with Crippen LogP contribution in [-0.2, 0) is 10.0 Å². The molecule has 2 aromatic carbocycles. The highest BCUT2D eigenvalue weighted by molar-refractivity contribution is 7.92. The highest BCUT2D eigenvalue weighted by Crippen LogP contribution is 2.30. The van der Waals surface area contributed by atoms with E-state index in [0.29, 0.717) is 16.6 Å². The first-order valence-electron chi connectivity index (χ1n) is 13.2. The monoisotopic (exact) mass is 631 g/mol. The Morgan fingerprint density at radius 1 is 1.02 bits per heavy atom. The summed E-state index contributed by atoms with van der Waals surface area (Å²) >= 11 is 0. The number of hydrogen-bond donors (Lipinski definition) is 3. The minimum atomic E-state index is -4.26. The maximum atomic E-state index is 15.0. The number of carbonyl (C=O) groups is 1. The van der Waals surface area contributed by atoms with E-state index >= 15 is 0 Å². The third-order valence-corrected chi connectivity index (χ3v) is 8.07. The SMILES string of the molecule is COc1ccnc(S(=O)(=O)Nc2cc3[nH]c(C(=O)c4cnn(-c5cnc(Oc6ccccc6F)cc5C)c4N)cc3cc2F)c1. The molecule has 4 N–H and O–H groups in total. The fourth-order valence-electron chi connectivity index (χ4n) is 4.53. The van der Waals surface area contributed by atoms with E-state index < -0.39 is 27.4 Å². The van der Waals surface area contributed by atoms with Gasteiger partial charge in [-0.3, -0.25) is 9.52 Å². The number of nitrogen functional groups attached to an aromatic ring is 1. The predicted molar refractivity (Wildman–Crippen MR) is 160 cm³/mol. The van der Waals surface area contributed by atoms with Crippen molar-refractivity contribution in [3.63, 3.8) is 0 Å². The van der Waals surface area contributed by atoms with Gasteiger partial charge in [0.15, 0.2) is 16.6 Å². The zero-order valence-electron chi connectivity index (χ0n) is 23.6. The summed E-state index contributed by atoms with van der Waals surface area (Å²) < 4.78 is 68.7. The van der Waals surface area contributed by atoms with Crippen LogP contribution in [0, 0.1) is 18.6 Å². The number of rotatable bonds is 9. The molecule has 12 nitrogen and oxygen atoms in total. The number of ketones is 1. The topological polar surface area (TPSA) is 167 Å². The van der Waals surface area contributed by atoms with Crippen LogP contribution in [0.25, 0.3) is 16.6 Å². The Kier molecular flexibility index (Phi) is 7.38. The smallest absolute Gasteiger partial charge is 0.279 e. The molecule has 0 saturated carbocycles. The highest BCUT2D eigenvalue weighted by Gasteiger charge is 2.23. The minimum absolute atomic E-state index is 0.0109. The molecule has 0 amide bonds. The number of hydrogen-bond acceptors (Lipinski definition) is 9. The molecule has 0 aliphatic rings. The summed E-state index contributed by atoms with van der Waals surface area (Å²) in [5.74, 6) is -1.52. The second kappa shape index (κ2) is 11.3. The molecule has 45 heavy (non-hydrogen) atoms. The van der Waals surface area contributed by atoms with Crippen molar-refractivity contribution in [2.24, 2.45) is 0 Å². The van der Waals surface area contributed by atoms with Crippen LogP contribution in [0.4, 0.5) is 20.3 Å². The van der Waals surface area contributed by atoms with Crippen LogP contribution in [0.3, 0.4) is 0 Å². The molecule has 4 aromatic heterocycles. The number of pyridine rings is 2.